The number of halogens is 3. The molecule has 0 saturated heterocycles. The van der Waals surface area contributed by atoms with Crippen molar-refractivity contribution < 1.29 is 22.4 Å². The normalized spacial score (nSPS) is 11.2. The molecule has 0 spiro atoms. The average Bonchev–Trinajstić information content (AvgIpc) is 3.19. The van der Waals surface area contributed by atoms with Gasteiger partial charge in [-0.25, -0.2) is 9.97 Å². The number of aromatic nitrogens is 2. The lowest BCUT2D eigenvalue weighted by Gasteiger charge is -2.17. The van der Waals surface area contributed by atoms with E-state index in [4.69, 9.17) is 9.83 Å². The van der Waals surface area contributed by atoms with Crippen molar-refractivity contribution in [1.29, 1.82) is 5.41 Å². The minimum atomic E-state index is -4.88. The highest BCUT2D eigenvalue weighted by molar-refractivity contribution is 6.04. The molecule has 2 N–H and O–H groups in total. The fourth-order valence-corrected chi connectivity index (χ4v) is 2.62. The largest absolute Gasteiger partial charge is 0.452 e. The first-order chi connectivity index (χ1) is 14.3. The maximum Gasteiger partial charge on any atom is 0.452 e. The summed E-state index contributed by atoms with van der Waals surface area (Å²) in [5, 5.41) is 9.42. The third-order valence-corrected chi connectivity index (χ3v) is 4.13. The van der Waals surface area contributed by atoms with E-state index in [1.165, 1.54) is 30.6 Å². The van der Waals surface area contributed by atoms with Crippen molar-refractivity contribution in [2.75, 3.05) is 23.8 Å². The maximum absolute atomic E-state index is 13.4. The Morgan fingerprint density at radius 1 is 1.23 bits per heavy atom. The molecule has 0 fully saturated rings. The summed E-state index contributed by atoms with van der Waals surface area (Å²) in [4.78, 5) is 22.2. The Balaban J connectivity index is 1.82. The van der Waals surface area contributed by atoms with Crippen LogP contribution in [0.1, 0.15) is 22.7 Å². The molecule has 0 aliphatic rings. The number of alkyl halides is 3. The molecule has 156 valence electrons. The fraction of sp³-hybridized carbons (Fsp3) is 0.200. The second-order valence-electron chi connectivity index (χ2n) is 6.33. The van der Waals surface area contributed by atoms with E-state index in [1.807, 2.05) is 4.90 Å². The highest BCUT2D eigenvalue weighted by Crippen LogP contribution is 2.35. The van der Waals surface area contributed by atoms with E-state index in [0.29, 0.717) is 24.3 Å². The quantitative estimate of drug-likeness (QED) is 0.553. The molecule has 7 nitrogen and oxygen atoms in total. The molecule has 0 saturated carbocycles. The Morgan fingerprint density at radius 2 is 1.97 bits per heavy atom. The summed E-state index contributed by atoms with van der Waals surface area (Å²) in [6.45, 7) is 0.582. The lowest BCUT2D eigenvalue weighted by atomic mass is 10.2. The molecular weight excluding hydrogens is 399 g/mol. The first-order valence-corrected chi connectivity index (χ1v) is 8.90. The predicted octanol–water partition coefficient (Wildman–Crippen LogP) is 4.48. The van der Waals surface area contributed by atoms with Crippen LogP contribution in [0.25, 0.3) is 11.5 Å². The number of hydrogen-bond donors (Lipinski definition) is 2. The second-order valence-corrected chi connectivity index (χ2v) is 6.33. The molecule has 0 aliphatic carbocycles. The Bertz CT molecular complexity index is 1020. The molecule has 0 aliphatic heterocycles. The van der Waals surface area contributed by atoms with Gasteiger partial charge < -0.3 is 20.0 Å². The van der Waals surface area contributed by atoms with Crippen molar-refractivity contribution in [2.45, 2.75) is 12.6 Å². The minimum absolute atomic E-state index is 0.210. The number of rotatable bonds is 7. The van der Waals surface area contributed by atoms with Crippen LogP contribution in [-0.4, -0.2) is 35.7 Å². The number of hydrogen-bond acceptors (Lipinski definition) is 6. The summed E-state index contributed by atoms with van der Waals surface area (Å²) in [6, 6.07) is 11.1. The van der Waals surface area contributed by atoms with Gasteiger partial charge in [0.25, 0.3) is 5.91 Å². The first-order valence-electron chi connectivity index (χ1n) is 8.90. The number of amides is 1. The van der Waals surface area contributed by atoms with E-state index in [9.17, 15) is 18.0 Å². The molecule has 0 unspecified atom stereocenters. The van der Waals surface area contributed by atoms with Crippen LogP contribution in [0.4, 0.5) is 24.7 Å². The van der Waals surface area contributed by atoms with Crippen LogP contribution >= 0.6 is 0 Å². The summed E-state index contributed by atoms with van der Waals surface area (Å²) in [7, 11) is 1.79. The van der Waals surface area contributed by atoms with Crippen LogP contribution in [0.15, 0.2) is 53.1 Å². The highest BCUT2D eigenvalue weighted by atomic mass is 19.4. The van der Waals surface area contributed by atoms with Crippen LogP contribution in [0.2, 0.25) is 0 Å². The van der Waals surface area contributed by atoms with Crippen molar-refractivity contribution in [3.05, 3.63) is 60.1 Å². The zero-order chi connectivity index (χ0) is 21.7. The van der Waals surface area contributed by atoms with Crippen LogP contribution in [0, 0.1) is 5.41 Å². The number of nitrogens with zero attached hydrogens (tertiary/aromatic N) is 3. The molecule has 0 bridgehead atoms. The van der Waals surface area contributed by atoms with Crippen LogP contribution in [-0.2, 0) is 6.18 Å². The molecule has 1 amide bonds. The number of carbonyl (C=O) groups excluding carboxylic acids is 1. The summed E-state index contributed by atoms with van der Waals surface area (Å²) in [5.41, 5.74) is -0.323. The monoisotopic (exact) mass is 417 g/mol. The average molecular weight is 417 g/mol. The van der Waals surface area contributed by atoms with Gasteiger partial charge in [0.15, 0.2) is 5.69 Å². The van der Waals surface area contributed by atoms with Gasteiger partial charge in [-0.1, -0.05) is 18.2 Å². The number of carbonyl (C=O) groups is 1. The summed E-state index contributed by atoms with van der Waals surface area (Å²) >= 11 is 0. The number of nitrogens with one attached hydrogen (secondary N) is 2. The maximum atomic E-state index is 13.4. The van der Waals surface area contributed by atoms with Crippen molar-refractivity contribution >= 4 is 23.6 Å². The van der Waals surface area contributed by atoms with Gasteiger partial charge in [0.1, 0.15) is 5.82 Å². The molecule has 10 heteroatoms. The number of pyridine rings is 1. The molecule has 3 aromatic rings. The molecule has 2 aromatic heterocycles. The van der Waals surface area contributed by atoms with E-state index in [1.54, 1.807) is 31.3 Å². The standard InChI is InChI=1S/C20H18F3N5O2/c1-28(11-5-10-24)15-9-8-14(12-25-15)26-18(29)16-17(20(21,22)23)30-19(27-16)13-6-3-2-4-7-13/h2-4,6-10,12,24H,5,11H2,1H3,(H,26,29). The van der Waals surface area contributed by atoms with Crippen LogP contribution < -0.4 is 10.2 Å². The SMILES string of the molecule is CN(CCC=N)c1ccc(NC(=O)c2nc(-c3ccccc3)oc2C(F)(F)F)cn1. The summed E-state index contributed by atoms with van der Waals surface area (Å²) in [6.07, 6.45) is -1.72. The van der Waals surface area contributed by atoms with Crippen LogP contribution in [0.5, 0.6) is 0 Å². The van der Waals surface area contributed by atoms with Gasteiger partial charge in [-0.15, -0.1) is 0 Å². The van der Waals surface area contributed by atoms with Crippen molar-refractivity contribution in [3.8, 4) is 11.5 Å². The van der Waals surface area contributed by atoms with Crippen LogP contribution in [0.3, 0.4) is 0 Å². The van der Waals surface area contributed by atoms with Gasteiger partial charge in [0.2, 0.25) is 11.7 Å². The number of benzene rings is 1. The van der Waals surface area contributed by atoms with Crippen molar-refractivity contribution in [2.24, 2.45) is 0 Å². The third kappa shape index (κ3) is 4.83. The van der Waals surface area contributed by atoms with Gasteiger partial charge in [-0.05, 0) is 36.9 Å². The van der Waals surface area contributed by atoms with Crippen molar-refractivity contribution in [1.82, 2.24) is 9.97 Å². The van der Waals surface area contributed by atoms with E-state index in [0.717, 1.165) is 0 Å². The molecule has 0 radical (unpaired) electrons. The molecule has 0 atom stereocenters. The smallest absolute Gasteiger partial charge is 0.431 e. The second kappa shape index (κ2) is 8.76. The topological polar surface area (TPSA) is 95.1 Å². The Kier molecular flexibility index (Phi) is 6.14. The molecule has 2 heterocycles. The lowest BCUT2D eigenvalue weighted by molar-refractivity contribution is -0.153. The van der Waals surface area contributed by atoms with E-state index in [-0.39, 0.29) is 11.6 Å². The third-order valence-electron chi connectivity index (χ3n) is 4.13. The zero-order valence-corrected chi connectivity index (χ0v) is 15.9. The van der Waals surface area contributed by atoms with Gasteiger partial charge in [-0.3, -0.25) is 4.79 Å². The minimum Gasteiger partial charge on any atom is -0.431 e. The van der Waals surface area contributed by atoms with E-state index in [2.05, 4.69) is 15.3 Å². The summed E-state index contributed by atoms with van der Waals surface area (Å²) < 4.78 is 45.0. The van der Waals surface area contributed by atoms with Crippen molar-refractivity contribution in [3.63, 3.8) is 0 Å². The first kappa shape index (κ1) is 21.0. The zero-order valence-electron chi connectivity index (χ0n) is 15.9. The van der Waals surface area contributed by atoms with Gasteiger partial charge in [0.05, 0.1) is 11.9 Å². The fourth-order valence-electron chi connectivity index (χ4n) is 2.62. The Morgan fingerprint density at radius 3 is 2.57 bits per heavy atom. The van der Waals surface area contributed by atoms with Gasteiger partial charge in [0, 0.05) is 19.2 Å². The molecule has 1 aromatic carbocycles. The Labute approximate surface area is 170 Å². The van der Waals surface area contributed by atoms with E-state index >= 15 is 0 Å². The molecule has 30 heavy (non-hydrogen) atoms. The Hall–Kier alpha value is -3.69. The van der Waals surface area contributed by atoms with Gasteiger partial charge in [-0.2, -0.15) is 13.2 Å². The molecule has 3 rings (SSSR count). The van der Waals surface area contributed by atoms with E-state index < -0.39 is 23.5 Å². The lowest BCUT2D eigenvalue weighted by Crippen LogP contribution is -2.20. The number of oxazole rings is 1. The highest BCUT2D eigenvalue weighted by Gasteiger charge is 2.42. The summed E-state index contributed by atoms with van der Waals surface area (Å²) in [5.74, 6) is -2.22. The molecular formula is C20H18F3N5O2. The van der Waals surface area contributed by atoms with Gasteiger partial charge >= 0.3 is 6.18 Å². The number of anilines is 2. The predicted molar refractivity (Wildman–Crippen MR) is 106 cm³/mol.